The molecule has 0 spiro atoms. The molecule has 1 heterocycles. The summed E-state index contributed by atoms with van der Waals surface area (Å²) >= 11 is 0. The van der Waals surface area contributed by atoms with Crippen LogP contribution < -0.4 is 16.2 Å². The highest BCUT2D eigenvalue weighted by Crippen LogP contribution is 2.06. The number of aromatic nitrogens is 1. The highest BCUT2D eigenvalue weighted by Gasteiger charge is 1.98. The average molecular weight is 180 g/mol. The summed E-state index contributed by atoms with van der Waals surface area (Å²) in [6, 6.07) is 3.44. The maximum atomic E-state index is 10.8. The third kappa shape index (κ3) is 2.62. The molecule has 13 heavy (non-hydrogen) atoms. The maximum Gasteiger partial charge on any atom is 0.333 e. The van der Waals surface area contributed by atoms with Gasteiger partial charge in [0, 0.05) is 13.2 Å². The number of hydrogen-bond acceptors (Lipinski definition) is 3. The van der Waals surface area contributed by atoms with Crippen molar-refractivity contribution < 1.29 is 4.79 Å². The molecule has 0 radical (unpaired) electrons. The molecule has 0 bridgehead atoms. The molecule has 0 atom stereocenters. The van der Waals surface area contributed by atoms with Crippen LogP contribution in [0.5, 0.6) is 0 Å². The Labute approximate surface area is 76.5 Å². The largest absolute Gasteiger partial charge is 0.340 e. The van der Waals surface area contributed by atoms with E-state index in [9.17, 15) is 4.79 Å². The van der Waals surface area contributed by atoms with Gasteiger partial charge in [-0.3, -0.25) is 10.9 Å². The molecule has 3 N–H and O–H groups in total. The summed E-state index contributed by atoms with van der Waals surface area (Å²) in [5.41, 5.74) is 6.09. The first-order valence-electron chi connectivity index (χ1n) is 3.89. The van der Waals surface area contributed by atoms with E-state index in [1.807, 2.05) is 19.1 Å². The normalized spacial score (nSPS) is 9.08. The molecule has 0 saturated carbocycles. The van der Waals surface area contributed by atoms with Gasteiger partial charge in [0.2, 0.25) is 0 Å². The van der Waals surface area contributed by atoms with Crippen molar-refractivity contribution in [3.8, 4) is 0 Å². The molecule has 0 aliphatic rings. The summed E-state index contributed by atoms with van der Waals surface area (Å²) in [6.07, 6.45) is 1.65. The summed E-state index contributed by atoms with van der Waals surface area (Å²) in [7, 11) is 1.54. The van der Waals surface area contributed by atoms with Crippen LogP contribution in [-0.2, 0) is 0 Å². The number of aryl methyl sites for hydroxylation is 1. The van der Waals surface area contributed by atoms with E-state index in [4.69, 9.17) is 0 Å². The molecule has 0 aliphatic carbocycles. The molecule has 0 saturated heterocycles. The van der Waals surface area contributed by atoms with Crippen LogP contribution in [0.25, 0.3) is 0 Å². The van der Waals surface area contributed by atoms with Gasteiger partial charge in [-0.25, -0.2) is 9.78 Å². The van der Waals surface area contributed by atoms with Crippen molar-refractivity contribution in [3.05, 3.63) is 23.9 Å². The van der Waals surface area contributed by atoms with E-state index in [0.717, 1.165) is 5.56 Å². The Morgan fingerprint density at radius 3 is 2.92 bits per heavy atom. The number of nitrogens with zero attached hydrogens (tertiary/aromatic N) is 1. The minimum Gasteiger partial charge on any atom is -0.340 e. The van der Waals surface area contributed by atoms with Crippen LogP contribution in [0.4, 0.5) is 10.6 Å². The molecule has 0 fully saturated rings. The zero-order valence-electron chi connectivity index (χ0n) is 7.59. The smallest absolute Gasteiger partial charge is 0.333 e. The third-order valence-corrected chi connectivity index (χ3v) is 1.53. The summed E-state index contributed by atoms with van der Waals surface area (Å²) in [5.74, 6) is 0.645. The van der Waals surface area contributed by atoms with E-state index in [1.54, 1.807) is 13.2 Å². The van der Waals surface area contributed by atoms with Crippen LogP contribution in [-0.4, -0.2) is 18.1 Å². The molecular weight excluding hydrogens is 168 g/mol. The number of nitrogens with one attached hydrogen (secondary N) is 3. The van der Waals surface area contributed by atoms with Crippen molar-refractivity contribution in [1.82, 2.24) is 15.7 Å². The SMILES string of the molecule is CNC(=O)NNc1ncccc1C. The lowest BCUT2D eigenvalue weighted by Gasteiger charge is -2.08. The fraction of sp³-hybridized carbons (Fsp3) is 0.250. The Kier molecular flexibility index (Phi) is 3.08. The molecule has 70 valence electrons. The topological polar surface area (TPSA) is 66.1 Å². The summed E-state index contributed by atoms with van der Waals surface area (Å²) < 4.78 is 0. The Morgan fingerprint density at radius 1 is 1.54 bits per heavy atom. The number of rotatable bonds is 2. The number of anilines is 1. The van der Waals surface area contributed by atoms with Gasteiger partial charge in [0.25, 0.3) is 0 Å². The van der Waals surface area contributed by atoms with Gasteiger partial charge in [-0.15, -0.1) is 0 Å². The van der Waals surface area contributed by atoms with Crippen molar-refractivity contribution in [1.29, 1.82) is 0 Å². The van der Waals surface area contributed by atoms with Gasteiger partial charge in [0.15, 0.2) is 0 Å². The zero-order valence-corrected chi connectivity index (χ0v) is 7.59. The van der Waals surface area contributed by atoms with Gasteiger partial charge < -0.3 is 5.32 Å². The molecule has 0 unspecified atom stereocenters. The first-order chi connectivity index (χ1) is 6.24. The number of hydrogen-bond donors (Lipinski definition) is 3. The Morgan fingerprint density at radius 2 is 2.31 bits per heavy atom. The van der Waals surface area contributed by atoms with Crippen LogP contribution in [0, 0.1) is 6.92 Å². The van der Waals surface area contributed by atoms with Crippen LogP contribution in [0.15, 0.2) is 18.3 Å². The average Bonchev–Trinajstić information content (AvgIpc) is 2.16. The zero-order chi connectivity index (χ0) is 9.68. The summed E-state index contributed by atoms with van der Waals surface area (Å²) in [5, 5.41) is 2.41. The lowest BCUT2D eigenvalue weighted by molar-refractivity contribution is 0.244. The molecule has 5 heteroatoms. The van der Waals surface area contributed by atoms with E-state index in [0.29, 0.717) is 5.82 Å². The first kappa shape index (κ1) is 9.31. The Balaban J connectivity index is 2.54. The molecule has 0 aliphatic heterocycles. The van der Waals surface area contributed by atoms with E-state index in [1.165, 1.54) is 0 Å². The fourth-order valence-corrected chi connectivity index (χ4v) is 0.795. The van der Waals surface area contributed by atoms with Gasteiger partial charge in [-0.2, -0.15) is 0 Å². The third-order valence-electron chi connectivity index (χ3n) is 1.53. The van der Waals surface area contributed by atoms with Gasteiger partial charge in [-0.1, -0.05) is 6.07 Å². The van der Waals surface area contributed by atoms with Gasteiger partial charge in [0.05, 0.1) is 0 Å². The fourth-order valence-electron chi connectivity index (χ4n) is 0.795. The maximum absolute atomic E-state index is 10.8. The van der Waals surface area contributed by atoms with Crippen molar-refractivity contribution >= 4 is 11.8 Å². The summed E-state index contributed by atoms with van der Waals surface area (Å²) in [4.78, 5) is 14.8. The Bertz CT molecular complexity index is 300. The van der Waals surface area contributed by atoms with Crippen molar-refractivity contribution in [2.24, 2.45) is 0 Å². The van der Waals surface area contributed by atoms with Gasteiger partial charge >= 0.3 is 6.03 Å². The highest BCUT2D eigenvalue weighted by molar-refractivity contribution is 5.74. The van der Waals surface area contributed by atoms with Crippen LogP contribution >= 0.6 is 0 Å². The predicted molar refractivity (Wildman–Crippen MR) is 50.2 cm³/mol. The number of urea groups is 1. The Hall–Kier alpha value is -1.78. The van der Waals surface area contributed by atoms with Crippen LogP contribution in [0.3, 0.4) is 0 Å². The number of hydrazine groups is 1. The summed E-state index contributed by atoms with van der Waals surface area (Å²) in [6.45, 7) is 1.90. The molecule has 2 amide bonds. The molecule has 1 aromatic rings. The predicted octanol–water partition coefficient (Wildman–Crippen LogP) is 0.646. The molecule has 1 aromatic heterocycles. The second-order valence-electron chi connectivity index (χ2n) is 2.50. The molecule has 5 nitrogen and oxygen atoms in total. The highest BCUT2D eigenvalue weighted by atomic mass is 16.2. The van der Waals surface area contributed by atoms with Crippen LogP contribution in [0.2, 0.25) is 0 Å². The van der Waals surface area contributed by atoms with Crippen molar-refractivity contribution in [2.45, 2.75) is 6.92 Å². The quantitative estimate of drug-likeness (QED) is 0.585. The van der Waals surface area contributed by atoms with E-state index in [2.05, 4.69) is 21.2 Å². The monoisotopic (exact) mass is 180 g/mol. The van der Waals surface area contributed by atoms with E-state index < -0.39 is 0 Å². The number of pyridine rings is 1. The standard InChI is InChI=1S/C8H12N4O/c1-6-4-3-5-10-7(6)11-12-8(13)9-2/h3-5H,1-2H3,(H,10,11)(H2,9,12,13). The number of carbonyl (C=O) groups is 1. The second-order valence-corrected chi connectivity index (χ2v) is 2.50. The lowest BCUT2D eigenvalue weighted by Crippen LogP contribution is -2.37. The number of amides is 2. The van der Waals surface area contributed by atoms with Crippen molar-refractivity contribution in [2.75, 3.05) is 12.5 Å². The van der Waals surface area contributed by atoms with E-state index in [-0.39, 0.29) is 6.03 Å². The minimum absolute atomic E-state index is 0.301. The molecular formula is C8H12N4O. The minimum atomic E-state index is -0.301. The van der Waals surface area contributed by atoms with Crippen molar-refractivity contribution in [3.63, 3.8) is 0 Å². The van der Waals surface area contributed by atoms with Gasteiger partial charge in [-0.05, 0) is 18.6 Å². The van der Waals surface area contributed by atoms with Gasteiger partial charge in [0.1, 0.15) is 5.82 Å². The molecule has 1 rings (SSSR count). The second kappa shape index (κ2) is 4.30. The number of carbonyl (C=O) groups excluding carboxylic acids is 1. The first-order valence-corrected chi connectivity index (χ1v) is 3.89. The van der Waals surface area contributed by atoms with E-state index >= 15 is 0 Å². The molecule has 0 aromatic carbocycles. The van der Waals surface area contributed by atoms with Crippen LogP contribution in [0.1, 0.15) is 5.56 Å². The lowest BCUT2D eigenvalue weighted by atomic mass is 10.3.